The zero-order valence-corrected chi connectivity index (χ0v) is 12.1. The Bertz CT molecular complexity index is 825. The van der Waals surface area contributed by atoms with Crippen molar-refractivity contribution < 1.29 is 9.21 Å². The van der Waals surface area contributed by atoms with Crippen LogP contribution in [0.3, 0.4) is 0 Å². The molecule has 0 spiro atoms. The van der Waals surface area contributed by atoms with Crippen LogP contribution in [-0.2, 0) is 6.54 Å². The van der Waals surface area contributed by atoms with Crippen molar-refractivity contribution in [1.29, 1.82) is 0 Å². The number of amides is 1. The lowest BCUT2D eigenvalue weighted by Gasteiger charge is -2.00. The van der Waals surface area contributed by atoms with Crippen molar-refractivity contribution >= 4 is 27.5 Å². The standard InChI is InChI=1S/C15H14N2O2S/c1-3-17-11-7-6-10(2)9-13(11)20-15(17)16-14(18)12-5-4-8-19-12/h4-9H,3H2,1-2H3. The van der Waals surface area contributed by atoms with Gasteiger partial charge in [-0.1, -0.05) is 17.4 Å². The minimum Gasteiger partial charge on any atom is -0.459 e. The Morgan fingerprint density at radius 2 is 2.25 bits per heavy atom. The molecule has 3 aromatic rings. The Kier molecular flexibility index (Phi) is 3.28. The fourth-order valence-corrected chi connectivity index (χ4v) is 3.30. The third kappa shape index (κ3) is 2.20. The zero-order valence-electron chi connectivity index (χ0n) is 11.3. The van der Waals surface area contributed by atoms with Crippen LogP contribution in [0.2, 0.25) is 0 Å². The summed E-state index contributed by atoms with van der Waals surface area (Å²) in [5.41, 5.74) is 2.31. The number of carbonyl (C=O) groups excluding carboxylic acids is 1. The fourth-order valence-electron chi connectivity index (χ4n) is 2.11. The van der Waals surface area contributed by atoms with E-state index in [1.807, 2.05) is 11.5 Å². The minimum absolute atomic E-state index is 0.265. The van der Waals surface area contributed by atoms with E-state index < -0.39 is 0 Å². The van der Waals surface area contributed by atoms with E-state index in [0.29, 0.717) is 4.80 Å². The van der Waals surface area contributed by atoms with Crippen LogP contribution in [0.15, 0.2) is 46.0 Å². The van der Waals surface area contributed by atoms with Crippen LogP contribution in [0.4, 0.5) is 0 Å². The van der Waals surface area contributed by atoms with Crippen LogP contribution in [0.1, 0.15) is 23.0 Å². The summed E-state index contributed by atoms with van der Waals surface area (Å²) in [7, 11) is 0. The lowest BCUT2D eigenvalue weighted by molar-refractivity contribution is 0.0971. The van der Waals surface area contributed by atoms with Crippen LogP contribution in [-0.4, -0.2) is 10.5 Å². The maximum absolute atomic E-state index is 12.0. The Hall–Kier alpha value is -2.14. The van der Waals surface area contributed by atoms with Gasteiger partial charge in [0.15, 0.2) is 10.6 Å². The van der Waals surface area contributed by atoms with Crippen LogP contribution < -0.4 is 4.80 Å². The number of hydrogen-bond donors (Lipinski definition) is 0. The average molecular weight is 286 g/mol. The quantitative estimate of drug-likeness (QED) is 0.725. The van der Waals surface area contributed by atoms with E-state index >= 15 is 0 Å². The molecule has 1 amide bonds. The van der Waals surface area contributed by atoms with Crippen molar-refractivity contribution in [1.82, 2.24) is 4.57 Å². The van der Waals surface area contributed by atoms with Crippen molar-refractivity contribution in [3.8, 4) is 0 Å². The molecular weight excluding hydrogens is 272 g/mol. The first kappa shape index (κ1) is 12.9. The molecular formula is C15H14N2O2S. The van der Waals surface area contributed by atoms with Gasteiger partial charge in [0.05, 0.1) is 16.5 Å². The molecule has 0 aliphatic rings. The first-order chi connectivity index (χ1) is 9.69. The van der Waals surface area contributed by atoms with Gasteiger partial charge in [-0.2, -0.15) is 4.99 Å². The molecule has 2 aromatic heterocycles. The molecule has 3 rings (SSSR count). The summed E-state index contributed by atoms with van der Waals surface area (Å²) in [4.78, 5) is 16.9. The number of nitrogens with zero attached hydrogens (tertiary/aromatic N) is 2. The number of benzene rings is 1. The summed E-state index contributed by atoms with van der Waals surface area (Å²) in [5, 5.41) is 0. The van der Waals surface area contributed by atoms with Crippen molar-refractivity contribution in [2.24, 2.45) is 4.99 Å². The fraction of sp³-hybridized carbons (Fsp3) is 0.200. The smallest absolute Gasteiger partial charge is 0.315 e. The third-order valence-electron chi connectivity index (χ3n) is 3.08. The minimum atomic E-state index is -0.347. The van der Waals surface area contributed by atoms with Gasteiger partial charge in [0.1, 0.15) is 0 Å². The second-order valence-electron chi connectivity index (χ2n) is 4.49. The van der Waals surface area contributed by atoms with Gasteiger partial charge in [0, 0.05) is 6.54 Å². The number of fused-ring (bicyclic) bond motifs is 1. The number of carbonyl (C=O) groups is 1. The number of rotatable bonds is 2. The summed E-state index contributed by atoms with van der Waals surface area (Å²) in [6.45, 7) is 4.87. The van der Waals surface area contributed by atoms with Gasteiger partial charge in [-0.3, -0.25) is 4.79 Å². The van der Waals surface area contributed by atoms with Gasteiger partial charge in [-0.15, -0.1) is 0 Å². The summed E-state index contributed by atoms with van der Waals surface area (Å²) < 4.78 is 8.27. The molecule has 0 saturated heterocycles. The SMILES string of the molecule is CCn1c(=NC(=O)c2ccco2)sc2cc(C)ccc21. The Balaban J connectivity index is 2.18. The molecule has 4 nitrogen and oxygen atoms in total. The third-order valence-corrected chi connectivity index (χ3v) is 4.12. The predicted molar refractivity (Wildman–Crippen MR) is 78.8 cm³/mol. The van der Waals surface area contributed by atoms with Crippen molar-refractivity contribution in [3.63, 3.8) is 0 Å². The van der Waals surface area contributed by atoms with Gasteiger partial charge in [-0.25, -0.2) is 0 Å². The average Bonchev–Trinajstić information content (AvgIpc) is 3.04. The number of aromatic nitrogens is 1. The summed E-state index contributed by atoms with van der Waals surface area (Å²) in [6, 6.07) is 9.56. The normalized spacial score (nSPS) is 12.2. The largest absolute Gasteiger partial charge is 0.459 e. The van der Waals surface area contributed by atoms with E-state index in [-0.39, 0.29) is 11.7 Å². The van der Waals surface area contributed by atoms with E-state index in [1.54, 1.807) is 12.1 Å². The number of aryl methyl sites for hydroxylation is 2. The first-order valence-electron chi connectivity index (χ1n) is 6.41. The molecule has 0 atom stereocenters. The van der Waals surface area contributed by atoms with E-state index in [9.17, 15) is 4.79 Å². The van der Waals surface area contributed by atoms with Crippen LogP contribution in [0.5, 0.6) is 0 Å². The zero-order chi connectivity index (χ0) is 14.1. The highest BCUT2D eigenvalue weighted by Crippen LogP contribution is 2.19. The Morgan fingerprint density at radius 1 is 1.40 bits per heavy atom. The maximum atomic E-state index is 12.0. The topological polar surface area (TPSA) is 47.5 Å². The second-order valence-corrected chi connectivity index (χ2v) is 5.50. The summed E-state index contributed by atoms with van der Waals surface area (Å²) in [5.74, 6) is -0.0817. The molecule has 102 valence electrons. The lowest BCUT2D eigenvalue weighted by Crippen LogP contribution is -2.15. The molecule has 0 unspecified atom stereocenters. The summed E-state index contributed by atoms with van der Waals surface area (Å²) in [6.07, 6.45) is 1.48. The number of thiazole rings is 1. The monoisotopic (exact) mass is 286 g/mol. The van der Waals surface area contributed by atoms with E-state index in [4.69, 9.17) is 4.42 Å². The molecule has 0 aliphatic heterocycles. The van der Waals surface area contributed by atoms with E-state index in [2.05, 4.69) is 30.1 Å². The predicted octanol–water partition coefficient (Wildman–Crippen LogP) is 3.37. The van der Waals surface area contributed by atoms with Crippen molar-refractivity contribution in [2.45, 2.75) is 20.4 Å². The Morgan fingerprint density at radius 3 is 2.95 bits per heavy atom. The van der Waals surface area contributed by atoms with Crippen LogP contribution in [0.25, 0.3) is 10.2 Å². The highest BCUT2D eigenvalue weighted by molar-refractivity contribution is 7.16. The molecule has 2 heterocycles. The van der Waals surface area contributed by atoms with Crippen LogP contribution in [0, 0.1) is 6.92 Å². The molecule has 20 heavy (non-hydrogen) atoms. The molecule has 0 fully saturated rings. The van der Waals surface area contributed by atoms with Gasteiger partial charge >= 0.3 is 5.91 Å². The molecule has 0 N–H and O–H groups in total. The van der Waals surface area contributed by atoms with E-state index in [0.717, 1.165) is 16.8 Å². The molecule has 5 heteroatoms. The maximum Gasteiger partial charge on any atom is 0.315 e. The second kappa shape index (κ2) is 5.09. The first-order valence-corrected chi connectivity index (χ1v) is 7.23. The highest BCUT2D eigenvalue weighted by atomic mass is 32.1. The van der Waals surface area contributed by atoms with Gasteiger partial charge in [-0.05, 0) is 43.7 Å². The number of furan rings is 1. The van der Waals surface area contributed by atoms with Crippen molar-refractivity contribution in [2.75, 3.05) is 0 Å². The molecule has 0 bridgehead atoms. The summed E-state index contributed by atoms with van der Waals surface area (Å²) >= 11 is 1.52. The molecule has 1 aromatic carbocycles. The van der Waals surface area contributed by atoms with Gasteiger partial charge in [0.2, 0.25) is 0 Å². The molecule has 0 aliphatic carbocycles. The van der Waals surface area contributed by atoms with Crippen LogP contribution >= 0.6 is 11.3 Å². The highest BCUT2D eigenvalue weighted by Gasteiger charge is 2.10. The van der Waals surface area contributed by atoms with E-state index in [1.165, 1.54) is 23.2 Å². The lowest BCUT2D eigenvalue weighted by atomic mass is 10.2. The van der Waals surface area contributed by atoms with Gasteiger partial charge in [0.25, 0.3) is 0 Å². The number of hydrogen-bond acceptors (Lipinski definition) is 3. The molecule has 0 radical (unpaired) electrons. The van der Waals surface area contributed by atoms with Gasteiger partial charge < -0.3 is 8.98 Å². The van der Waals surface area contributed by atoms with Crippen molar-refractivity contribution in [3.05, 3.63) is 52.7 Å². The molecule has 0 saturated carbocycles. The Labute approximate surface area is 120 Å².